The van der Waals surface area contributed by atoms with Crippen molar-refractivity contribution in [1.82, 2.24) is 0 Å². The van der Waals surface area contributed by atoms with Crippen LogP contribution < -0.4 is 5.73 Å². The third-order valence-corrected chi connectivity index (χ3v) is 1.99. The van der Waals surface area contributed by atoms with Gasteiger partial charge in [-0.2, -0.15) is 0 Å². The molecule has 0 radical (unpaired) electrons. The quantitative estimate of drug-likeness (QED) is 0.563. The zero-order chi connectivity index (χ0) is 9.89. The van der Waals surface area contributed by atoms with Gasteiger partial charge in [0.2, 0.25) is 0 Å². The van der Waals surface area contributed by atoms with Crippen LogP contribution in [0.3, 0.4) is 0 Å². The Morgan fingerprint density at radius 1 is 1.33 bits per heavy atom. The second-order valence-electron chi connectivity index (χ2n) is 3.43. The lowest BCUT2D eigenvalue weighted by atomic mass is 9.88. The third-order valence-electron chi connectivity index (χ3n) is 1.99. The molecule has 4 nitrogen and oxygen atoms in total. The van der Waals surface area contributed by atoms with Crippen molar-refractivity contribution >= 4 is 5.97 Å². The second kappa shape index (κ2) is 4.42. The minimum absolute atomic E-state index is 0.0562. The summed E-state index contributed by atoms with van der Waals surface area (Å²) in [4.78, 5) is 10.6. The number of nitrogens with two attached hydrogens (primary N) is 1. The number of carboxylic acids is 1. The minimum Gasteiger partial charge on any atom is -0.481 e. The van der Waals surface area contributed by atoms with E-state index in [1.165, 1.54) is 6.92 Å². The average molecular weight is 175 g/mol. The highest BCUT2D eigenvalue weighted by molar-refractivity contribution is 5.71. The van der Waals surface area contributed by atoms with E-state index < -0.39 is 24.0 Å². The molecule has 0 rings (SSSR count). The molecule has 0 aliphatic rings. The van der Waals surface area contributed by atoms with Crippen molar-refractivity contribution in [2.45, 2.75) is 32.9 Å². The van der Waals surface area contributed by atoms with E-state index in [1.54, 1.807) is 0 Å². The van der Waals surface area contributed by atoms with Crippen molar-refractivity contribution in [3.05, 3.63) is 0 Å². The first kappa shape index (κ1) is 11.4. The number of aliphatic carboxylic acids is 1. The van der Waals surface area contributed by atoms with Crippen LogP contribution in [0.15, 0.2) is 0 Å². The fourth-order valence-corrected chi connectivity index (χ4v) is 1.11. The molecule has 0 spiro atoms. The molecule has 0 saturated carbocycles. The van der Waals surface area contributed by atoms with Crippen LogP contribution in [0.25, 0.3) is 0 Å². The standard InChI is InChI=1S/C8H17NO3/c1-4(2)7(9)6(5(3)10)8(11)12/h4-7,10H,9H2,1-3H3,(H,11,12). The van der Waals surface area contributed by atoms with Gasteiger partial charge >= 0.3 is 5.97 Å². The van der Waals surface area contributed by atoms with Crippen molar-refractivity contribution < 1.29 is 15.0 Å². The molecule has 3 unspecified atom stereocenters. The van der Waals surface area contributed by atoms with Crippen molar-refractivity contribution in [2.75, 3.05) is 0 Å². The molecule has 0 aromatic carbocycles. The molecule has 0 fully saturated rings. The van der Waals surface area contributed by atoms with Gasteiger partial charge in [0.25, 0.3) is 0 Å². The zero-order valence-electron chi connectivity index (χ0n) is 7.69. The van der Waals surface area contributed by atoms with Gasteiger partial charge in [0.05, 0.1) is 12.0 Å². The van der Waals surface area contributed by atoms with E-state index >= 15 is 0 Å². The van der Waals surface area contributed by atoms with Gasteiger partial charge in [0.15, 0.2) is 0 Å². The Bertz CT molecular complexity index is 156. The second-order valence-corrected chi connectivity index (χ2v) is 3.43. The first-order valence-electron chi connectivity index (χ1n) is 4.04. The average Bonchev–Trinajstić information content (AvgIpc) is 1.85. The molecule has 0 aromatic rings. The van der Waals surface area contributed by atoms with Crippen LogP contribution in [0.5, 0.6) is 0 Å². The van der Waals surface area contributed by atoms with E-state index in [1.807, 2.05) is 13.8 Å². The maximum atomic E-state index is 10.6. The van der Waals surface area contributed by atoms with Gasteiger partial charge in [0, 0.05) is 6.04 Å². The SMILES string of the molecule is CC(C)C(N)C(C(=O)O)C(C)O. The van der Waals surface area contributed by atoms with Crippen molar-refractivity contribution in [2.24, 2.45) is 17.6 Å². The maximum Gasteiger partial charge on any atom is 0.310 e. The number of rotatable bonds is 4. The summed E-state index contributed by atoms with van der Waals surface area (Å²) in [5.41, 5.74) is 5.62. The number of aliphatic hydroxyl groups excluding tert-OH is 1. The van der Waals surface area contributed by atoms with E-state index in [2.05, 4.69) is 0 Å². The molecule has 72 valence electrons. The molecule has 4 N–H and O–H groups in total. The summed E-state index contributed by atoms with van der Waals surface area (Å²) >= 11 is 0. The first-order chi connectivity index (χ1) is 5.37. The van der Waals surface area contributed by atoms with E-state index in [-0.39, 0.29) is 5.92 Å². The summed E-state index contributed by atoms with van der Waals surface area (Å²) in [5, 5.41) is 17.9. The molecule has 0 bridgehead atoms. The lowest BCUT2D eigenvalue weighted by Gasteiger charge is -2.25. The number of carboxylic acid groups (broad SMARTS) is 1. The minimum atomic E-state index is -1.04. The predicted octanol–water partition coefficient (Wildman–Crippen LogP) is 0.0513. The fraction of sp³-hybridized carbons (Fsp3) is 0.875. The van der Waals surface area contributed by atoms with E-state index in [4.69, 9.17) is 15.9 Å². The van der Waals surface area contributed by atoms with Gasteiger partial charge in [-0.3, -0.25) is 4.79 Å². The van der Waals surface area contributed by atoms with Crippen LogP contribution in [0.2, 0.25) is 0 Å². The normalized spacial score (nSPS) is 18.8. The van der Waals surface area contributed by atoms with Gasteiger partial charge in [-0.15, -0.1) is 0 Å². The molecule has 0 aromatic heterocycles. The number of carbonyl (C=O) groups is 1. The van der Waals surface area contributed by atoms with E-state index in [9.17, 15) is 4.79 Å². The highest BCUT2D eigenvalue weighted by atomic mass is 16.4. The molecule has 4 heteroatoms. The smallest absolute Gasteiger partial charge is 0.310 e. The Morgan fingerprint density at radius 2 is 1.75 bits per heavy atom. The summed E-state index contributed by atoms with van der Waals surface area (Å²) < 4.78 is 0. The molecular formula is C8H17NO3. The van der Waals surface area contributed by atoms with Crippen LogP contribution in [0, 0.1) is 11.8 Å². The number of hydrogen-bond acceptors (Lipinski definition) is 3. The van der Waals surface area contributed by atoms with Crippen molar-refractivity contribution in [3.63, 3.8) is 0 Å². The lowest BCUT2D eigenvalue weighted by Crippen LogP contribution is -2.45. The molecular weight excluding hydrogens is 158 g/mol. The predicted molar refractivity (Wildman–Crippen MR) is 45.6 cm³/mol. The van der Waals surface area contributed by atoms with Gasteiger partial charge in [-0.05, 0) is 12.8 Å². The molecule has 3 atom stereocenters. The van der Waals surface area contributed by atoms with Gasteiger partial charge in [-0.25, -0.2) is 0 Å². The Hall–Kier alpha value is -0.610. The topological polar surface area (TPSA) is 83.6 Å². The van der Waals surface area contributed by atoms with Crippen LogP contribution in [-0.4, -0.2) is 28.3 Å². The summed E-state index contributed by atoms with van der Waals surface area (Å²) in [7, 11) is 0. The number of hydrogen-bond donors (Lipinski definition) is 3. The Morgan fingerprint density at radius 3 is 1.83 bits per heavy atom. The molecule has 12 heavy (non-hydrogen) atoms. The zero-order valence-corrected chi connectivity index (χ0v) is 7.69. The van der Waals surface area contributed by atoms with Crippen LogP contribution in [-0.2, 0) is 4.79 Å². The fourth-order valence-electron chi connectivity index (χ4n) is 1.11. The maximum absolute atomic E-state index is 10.6. The Balaban J connectivity index is 4.40. The number of aliphatic hydroxyl groups is 1. The molecule has 0 amide bonds. The van der Waals surface area contributed by atoms with Crippen LogP contribution in [0.4, 0.5) is 0 Å². The molecule has 0 heterocycles. The molecule has 0 aliphatic carbocycles. The van der Waals surface area contributed by atoms with E-state index in [0.29, 0.717) is 0 Å². The van der Waals surface area contributed by atoms with Gasteiger partial charge < -0.3 is 15.9 Å². The monoisotopic (exact) mass is 175 g/mol. The Labute approximate surface area is 72.4 Å². The summed E-state index contributed by atoms with van der Waals surface area (Å²) in [6.07, 6.45) is -0.903. The largest absolute Gasteiger partial charge is 0.481 e. The third kappa shape index (κ3) is 2.79. The Kier molecular flexibility index (Phi) is 4.20. The van der Waals surface area contributed by atoms with Crippen molar-refractivity contribution in [1.29, 1.82) is 0 Å². The van der Waals surface area contributed by atoms with E-state index in [0.717, 1.165) is 0 Å². The van der Waals surface area contributed by atoms with Gasteiger partial charge in [0.1, 0.15) is 0 Å². The molecule has 0 saturated heterocycles. The highest BCUT2D eigenvalue weighted by Crippen LogP contribution is 2.14. The first-order valence-corrected chi connectivity index (χ1v) is 4.04. The van der Waals surface area contributed by atoms with Gasteiger partial charge in [-0.1, -0.05) is 13.8 Å². The van der Waals surface area contributed by atoms with Crippen LogP contribution in [0.1, 0.15) is 20.8 Å². The van der Waals surface area contributed by atoms with Crippen LogP contribution >= 0.6 is 0 Å². The van der Waals surface area contributed by atoms with Crippen molar-refractivity contribution in [3.8, 4) is 0 Å². The lowest BCUT2D eigenvalue weighted by molar-refractivity contribution is -0.146. The summed E-state index contributed by atoms with van der Waals surface area (Å²) in [6.45, 7) is 5.12. The summed E-state index contributed by atoms with van der Waals surface area (Å²) in [6, 6.07) is -0.498. The molecule has 0 aliphatic heterocycles. The highest BCUT2D eigenvalue weighted by Gasteiger charge is 2.31. The summed E-state index contributed by atoms with van der Waals surface area (Å²) in [5.74, 6) is -1.85.